The van der Waals surface area contributed by atoms with Gasteiger partial charge in [-0.3, -0.25) is 0 Å². The molecular weight excluding hydrogens is 320 g/mol. The predicted molar refractivity (Wildman–Crippen MR) is 87.4 cm³/mol. The summed E-state index contributed by atoms with van der Waals surface area (Å²) < 4.78 is 11.2. The summed E-state index contributed by atoms with van der Waals surface area (Å²) in [4.78, 5) is 0. The number of nitrogens with zero attached hydrogens (tertiary/aromatic N) is 2. The van der Waals surface area contributed by atoms with Gasteiger partial charge in [0.25, 0.3) is 5.22 Å². The summed E-state index contributed by atoms with van der Waals surface area (Å²) >= 11 is 7.32. The van der Waals surface area contributed by atoms with Gasteiger partial charge in [-0.15, -0.1) is 10.2 Å². The lowest BCUT2D eigenvalue weighted by Gasteiger charge is -2.03. The number of rotatable bonds is 6. The molecule has 0 bridgehead atoms. The van der Waals surface area contributed by atoms with Gasteiger partial charge < -0.3 is 9.15 Å². The highest BCUT2D eigenvalue weighted by Crippen LogP contribution is 2.24. The van der Waals surface area contributed by atoms with E-state index in [1.54, 1.807) is 12.1 Å². The number of para-hydroxylation sites is 1. The molecule has 0 unspecified atom stereocenters. The summed E-state index contributed by atoms with van der Waals surface area (Å²) in [5.74, 6) is 2.08. The molecule has 0 N–H and O–H groups in total. The SMILES string of the molecule is Clc1ccc(-c2nnc(SCCOc3ccccc3)o2)cc1. The Kier molecular flexibility index (Phi) is 4.98. The summed E-state index contributed by atoms with van der Waals surface area (Å²) in [6, 6.07) is 17.0. The summed E-state index contributed by atoms with van der Waals surface area (Å²) in [5, 5.41) is 9.25. The summed E-state index contributed by atoms with van der Waals surface area (Å²) in [6.07, 6.45) is 0. The van der Waals surface area contributed by atoms with Crippen molar-refractivity contribution in [2.24, 2.45) is 0 Å². The highest BCUT2D eigenvalue weighted by Gasteiger charge is 2.08. The highest BCUT2D eigenvalue weighted by atomic mass is 35.5. The molecule has 0 amide bonds. The molecule has 0 spiro atoms. The maximum absolute atomic E-state index is 5.85. The molecule has 112 valence electrons. The van der Waals surface area contributed by atoms with Crippen LogP contribution >= 0.6 is 23.4 Å². The van der Waals surface area contributed by atoms with Gasteiger partial charge in [0.15, 0.2) is 0 Å². The summed E-state index contributed by atoms with van der Waals surface area (Å²) in [5.41, 5.74) is 0.851. The largest absolute Gasteiger partial charge is 0.493 e. The normalized spacial score (nSPS) is 10.6. The minimum absolute atomic E-state index is 0.489. The molecule has 3 aromatic rings. The highest BCUT2D eigenvalue weighted by molar-refractivity contribution is 7.99. The fourth-order valence-corrected chi connectivity index (χ4v) is 2.49. The summed E-state index contributed by atoms with van der Waals surface area (Å²) in [6.45, 7) is 0.577. The maximum atomic E-state index is 5.85. The van der Waals surface area contributed by atoms with E-state index in [-0.39, 0.29) is 0 Å². The second kappa shape index (κ2) is 7.33. The van der Waals surface area contributed by atoms with E-state index in [2.05, 4.69) is 10.2 Å². The van der Waals surface area contributed by atoms with Gasteiger partial charge in [0.1, 0.15) is 5.75 Å². The number of aromatic nitrogens is 2. The molecule has 0 atom stereocenters. The zero-order valence-electron chi connectivity index (χ0n) is 11.6. The van der Waals surface area contributed by atoms with Gasteiger partial charge in [-0.25, -0.2) is 0 Å². The first kappa shape index (κ1) is 14.9. The lowest BCUT2D eigenvalue weighted by Crippen LogP contribution is -1.99. The molecule has 4 nitrogen and oxygen atoms in total. The number of hydrogen-bond acceptors (Lipinski definition) is 5. The maximum Gasteiger partial charge on any atom is 0.276 e. The van der Waals surface area contributed by atoms with Crippen molar-refractivity contribution in [3.05, 3.63) is 59.6 Å². The molecule has 0 aliphatic carbocycles. The predicted octanol–water partition coefficient (Wildman–Crippen LogP) is 4.56. The van der Waals surface area contributed by atoms with Gasteiger partial charge in [-0.1, -0.05) is 41.6 Å². The first-order valence-electron chi connectivity index (χ1n) is 6.71. The standard InChI is InChI=1S/C16H13ClN2O2S/c17-13-8-6-12(7-9-13)15-18-19-16(21-15)22-11-10-20-14-4-2-1-3-5-14/h1-9H,10-11H2. The zero-order valence-corrected chi connectivity index (χ0v) is 13.2. The van der Waals surface area contributed by atoms with E-state index < -0.39 is 0 Å². The topological polar surface area (TPSA) is 48.2 Å². The van der Waals surface area contributed by atoms with Crippen LogP contribution in [-0.4, -0.2) is 22.6 Å². The second-order valence-electron chi connectivity index (χ2n) is 4.39. The Morgan fingerprint density at radius 1 is 1.00 bits per heavy atom. The van der Waals surface area contributed by atoms with Crippen molar-refractivity contribution in [2.75, 3.05) is 12.4 Å². The molecule has 0 radical (unpaired) electrons. The minimum atomic E-state index is 0.489. The quantitative estimate of drug-likeness (QED) is 0.489. The average Bonchev–Trinajstić information content (AvgIpc) is 3.02. The molecule has 0 aliphatic rings. The Morgan fingerprint density at radius 3 is 2.55 bits per heavy atom. The van der Waals surface area contributed by atoms with Crippen LogP contribution in [0.1, 0.15) is 0 Å². The Morgan fingerprint density at radius 2 is 1.77 bits per heavy atom. The molecule has 0 saturated carbocycles. The molecule has 0 aliphatic heterocycles. The second-order valence-corrected chi connectivity index (χ2v) is 5.87. The third kappa shape index (κ3) is 4.02. The van der Waals surface area contributed by atoms with Crippen LogP contribution in [0.3, 0.4) is 0 Å². The van der Waals surface area contributed by atoms with Crippen LogP contribution in [-0.2, 0) is 0 Å². The van der Waals surface area contributed by atoms with Crippen molar-refractivity contribution in [2.45, 2.75) is 5.22 Å². The first-order valence-corrected chi connectivity index (χ1v) is 8.08. The van der Waals surface area contributed by atoms with E-state index in [0.29, 0.717) is 22.7 Å². The Balaban J connectivity index is 1.50. The van der Waals surface area contributed by atoms with Crippen molar-refractivity contribution < 1.29 is 9.15 Å². The number of thioether (sulfide) groups is 1. The van der Waals surface area contributed by atoms with E-state index >= 15 is 0 Å². The molecule has 1 aromatic heterocycles. The van der Waals surface area contributed by atoms with Crippen molar-refractivity contribution in [3.8, 4) is 17.2 Å². The van der Waals surface area contributed by atoms with Crippen LogP contribution in [0.25, 0.3) is 11.5 Å². The molecule has 22 heavy (non-hydrogen) atoms. The van der Waals surface area contributed by atoms with Crippen LogP contribution in [0, 0.1) is 0 Å². The molecule has 0 fully saturated rings. The smallest absolute Gasteiger partial charge is 0.276 e. The van der Waals surface area contributed by atoms with Gasteiger partial charge in [0.2, 0.25) is 5.89 Å². The summed E-state index contributed by atoms with van der Waals surface area (Å²) in [7, 11) is 0. The van der Waals surface area contributed by atoms with E-state index in [0.717, 1.165) is 17.1 Å². The number of benzene rings is 2. The third-order valence-electron chi connectivity index (χ3n) is 2.82. The molecule has 3 rings (SSSR count). The third-order valence-corrected chi connectivity index (χ3v) is 3.85. The van der Waals surface area contributed by atoms with Crippen molar-refractivity contribution >= 4 is 23.4 Å². The Labute approximate surface area is 137 Å². The van der Waals surface area contributed by atoms with E-state index in [1.807, 2.05) is 42.5 Å². The van der Waals surface area contributed by atoms with Gasteiger partial charge in [-0.05, 0) is 36.4 Å². The monoisotopic (exact) mass is 332 g/mol. The lowest BCUT2D eigenvalue weighted by molar-refractivity contribution is 0.343. The van der Waals surface area contributed by atoms with Gasteiger partial charge >= 0.3 is 0 Å². The van der Waals surface area contributed by atoms with Crippen molar-refractivity contribution in [3.63, 3.8) is 0 Å². The molecule has 0 saturated heterocycles. The van der Waals surface area contributed by atoms with Crippen molar-refractivity contribution in [1.29, 1.82) is 0 Å². The van der Waals surface area contributed by atoms with Crippen LogP contribution in [0.15, 0.2) is 64.2 Å². The lowest BCUT2D eigenvalue weighted by atomic mass is 10.2. The molecule has 6 heteroatoms. The van der Waals surface area contributed by atoms with Crippen molar-refractivity contribution in [1.82, 2.24) is 10.2 Å². The van der Waals surface area contributed by atoms with E-state index in [1.165, 1.54) is 11.8 Å². The average molecular weight is 333 g/mol. The molecule has 1 heterocycles. The van der Waals surface area contributed by atoms with Gasteiger partial charge in [0, 0.05) is 16.3 Å². The van der Waals surface area contributed by atoms with E-state index in [9.17, 15) is 0 Å². The zero-order chi connectivity index (χ0) is 15.2. The number of hydrogen-bond donors (Lipinski definition) is 0. The number of ether oxygens (including phenoxy) is 1. The molecular formula is C16H13ClN2O2S. The first-order chi connectivity index (χ1) is 10.8. The molecule has 2 aromatic carbocycles. The van der Waals surface area contributed by atoms with Crippen LogP contribution < -0.4 is 4.74 Å². The fourth-order valence-electron chi connectivity index (χ4n) is 1.78. The Hall–Kier alpha value is -1.98. The van der Waals surface area contributed by atoms with Crippen LogP contribution in [0.2, 0.25) is 5.02 Å². The van der Waals surface area contributed by atoms with Crippen LogP contribution in [0.4, 0.5) is 0 Å². The van der Waals surface area contributed by atoms with E-state index in [4.69, 9.17) is 20.8 Å². The van der Waals surface area contributed by atoms with Gasteiger partial charge in [-0.2, -0.15) is 0 Å². The minimum Gasteiger partial charge on any atom is -0.493 e. The van der Waals surface area contributed by atoms with Crippen LogP contribution in [0.5, 0.6) is 5.75 Å². The Bertz CT molecular complexity index is 717. The fraction of sp³-hybridized carbons (Fsp3) is 0.125. The number of halogens is 1. The van der Waals surface area contributed by atoms with Gasteiger partial charge in [0.05, 0.1) is 6.61 Å².